The molecule has 0 aromatic carbocycles. The van der Waals surface area contributed by atoms with Crippen molar-refractivity contribution in [1.29, 1.82) is 0 Å². The summed E-state index contributed by atoms with van der Waals surface area (Å²) in [6, 6.07) is 0.552. The highest BCUT2D eigenvalue weighted by atomic mass is 15.0. The average Bonchev–Trinajstić information content (AvgIpc) is 2.87. The predicted molar refractivity (Wildman–Crippen MR) is 58.6 cm³/mol. The number of allylic oxidation sites excluding steroid dienone is 6. The van der Waals surface area contributed by atoms with Crippen molar-refractivity contribution < 1.29 is 1.43 Å². The average molecular weight is 185 g/mol. The molecule has 0 amide bonds. The van der Waals surface area contributed by atoms with E-state index in [4.69, 9.17) is 0 Å². The smallest absolute Gasteiger partial charge is 0.0516 e. The molecule has 0 radical (unpaired) electrons. The summed E-state index contributed by atoms with van der Waals surface area (Å²) >= 11 is 0. The standard InChI is InChI=1S/C13H13N.H2/c1-2-6-11-10(5-1)13-8-9(13)4-3-7-12(13)14-11;/h1-7,9-11,14H,8H2;1H. The van der Waals surface area contributed by atoms with E-state index >= 15 is 0 Å². The third-order valence-electron chi connectivity index (χ3n) is 4.22. The van der Waals surface area contributed by atoms with E-state index < -0.39 is 0 Å². The van der Waals surface area contributed by atoms with Gasteiger partial charge in [0.2, 0.25) is 0 Å². The molecule has 4 aliphatic rings. The molecule has 72 valence electrons. The highest BCUT2D eigenvalue weighted by molar-refractivity contribution is 5.45. The first-order chi connectivity index (χ1) is 6.91. The minimum atomic E-state index is 0. The molecule has 3 aliphatic carbocycles. The quantitative estimate of drug-likeness (QED) is 0.611. The van der Waals surface area contributed by atoms with Gasteiger partial charge in [-0.15, -0.1) is 0 Å². The molecule has 1 aliphatic heterocycles. The molecule has 1 saturated heterocycles. The normalized spacial score (nSPS) is 50.3. The van der Waals surface area contributed by atoms with E-state index in [0.29, 0.717) is 17.4 Å². The Morgan fingerprint density at radius 1 is 1.21 bits per heavy atom. The minimum absolute atomic E-state index is 0. The fraction of sp³-hybridized carbons (Fsp3) is 0.385. The second kappa shape index (κ2) is 2.05. The number of nitrogens with one attached hydrogen (secondary N) is 1. The molecule has 1 heterocycles. The van der Waals surface area contributed by atoms with Crippen LogP contribution in [-0.4, -0.2) is 6.04 Å². The number of hydrogen-bond acceptors (Lipinski definition) is 1. The first-order valence-electron chi connectivity index (χ1n) is 5.42. The van der Waals surface area contributed by atoms with E-state index in [9.17, 15) is 0 Å². The zero-order valence-corrected chi connectivity index (χ0v) is 7.98. The van der Waals surface area contributed by atoms with Gasteiger partial charge in [0.1, 0.15) is 0 Å². The van der Waals surface area contributed by atoms with Crippen LogP contribution in [0.1, 0.15) is 7.85 Å². The Morgan fingerprint density at radius 3 is 3.14 bits per heavy atom. The van der Waals surface area contributed by atoms with Gasteiger partial charge in [-0.3, -0.25) is 0 Å². The molecule has 4 unspecified atom stereocenters. The number of fused-ring (bicyclic) bond motifs is 1. The van der Waals surface area contributed by atoms with Crippen LogP contribution < -0.4 is 5.32 Å². The first kappa shape index (κ1) is 7.10. The van der Waals surface area contributed by atoms with E-state index in [1.165, 1.54) is 12.1 Å². The van der Waals surface area contributed by atoms with Crippen molar-refractivity contribution in [3.63, 3.8) is 0 Å². The van der Waals surface area contributed by atoms with Gasteiger partial charge in [-0.25, -0.2) is 0 Å². The predicted octanol–water partition coefficient (Wildman–Crippen LogP) is 2.41. The fourth-order valence-electron chi connectivity index (χ4n) is 3.46. The van der Waals surface area contributed by atoms with Crippen LogP contribution in [0.25, 0.3) is 0 Å². The van der Waals surface area contributed by atoms with Crippen LogP contribution in [0.3, 0.4) is 0 Å². The van der Waals surface area contributed by atoms with Crippen LogP contribution >= 0.6 is 0 Å². The van der Waals surface area contributed by atoms with Crippen molar-refractivity contribution >= 4 is 0 Å². The molecule has 1 spiro atoms. The molecular weight excluding hydrogens is 170 g/mol. The Balaban J connectivity index is 0.000000722. The minimum Gasteiger partial charge on any atom is -0.381 e. The van der Waals surface area contributed by atoms with E-state index in [1.807, 2.05) is 0 Å². The molecule has 4 atom stereocenters. The summed E-state index contributed by atoms with van der Waals surface area (Å²) in [5.74, 6) is 1.51. The first-order valence-corrected chi connectivity index (χ1v) is 5.42. The summed E-state index contributed by atoms with van der Waals surface area (Å²) in [5.41, 5.74) is 1.96. The van der Waals surface area contributed by atoms with Crippen molar-refractivity contribution in [1.82, 2.24) is 5.32 Å². The van der Waals surface area contributed by atoms with Gasteiger partial charge in [0.05, 0.1) is 6.04 Å². The van der Waals surface area contributed by atoms with Gasteiger partial charge in [-0.1, -0.05) is 36.5 Å². The van der Waals surface area contributed by atoms with Gasteiger partial charge < -0.3 is 5.32 Å². The number of rotatable bonds is 0. The summed E-state index contributed by atoms with van der Waals surface area (Å²) in [7, 11) is 0. The summed E-state index contributed by atoms with van der Waals surface area (Å²) in [6.07, 6.45) is 17.3. The van der Waals surface area contributed by atoms with Gasteiger partial charge in [0, 0.05) is 18.5 Å². The Hall–Kier alpha value is -1.24. The Bertz CT molecular complexity index is 418. The zero-order valence-electron chi connectivity index (χ0n) is 7.98. The largest absolute Gasteiger partial charge is 0.381 e. The lowest BCUT2D eigenvalue weighted by Crippen LogP contribution is -2.25. The molecule has 2 fully saturated rings. The summed E-state index contributed by atoms with van der Waals surface area (Å²) in [4.78, 5) is 0. The third-order valence-corrected chi connectivity index (χ3v) is 4.22. The van der Waals surface area contributed by atoms with Crippen LogP contribution in [0.5, 0.6) is 0 Å². The summed E-state index contributed by atoms with van der Waals surface area (Å²) in [5, 5.41) is 3.65. The molecule has 0 aromatic heterocycles. The van der Waals surface area contributed by atoms with Crippen molar-refractivity contribution in [2.45, 2.75) is 12.5 Å². The van der Waals surface area contributed by atoms with Crippen LogP contribution in [0.15, 0.2) is 48.2 Å². The third kappa shape index (κ3) is 0.617. The summed E-state index contributed by atoms with van der Waals surface area (Å²) in [6.45, 7) is 0. The molecule has 1 saturated carbocycles. The van der Waals surface area contributed by atoms with Crippen molar-refractivity contribution in [3.05, 3.63) is 48.2 Å². The van der Waals surface area contributed by atoms with Crippen LogP contribution in [0.2, 0.25) is 0 Å². The lowest BCUT2D eigenvalue weighted by molar-refractivity contribution is 0.448. The Morgan fingerprint density at radius 2 is 2.14 bits per heavy atom. The highest BCUT2D eigenvalue weighted by Gasteiger charge is 2.65. The van der Waals surface area contributed by atoms with Gasteiger partial charge in [-0.2, -0.15) is 0 Å². The van der Waals surface area contributed by atoms with Gasteiger partial charge >= 0.3 is 0 Å². The Labute approximate surface area is 85.4 Å². The molecule has 0 aromatic rings. The maximum absolute atomic E-state index is 3.65. The van der Waals surface area contributed by atoms with Gasteiger partial charge in [-0.05, 0) is 18.4 Å². The summed E-state index contributed by atoms with van der Waals surface area (Å²) < 4.78 is 0. The van der Waals surface area contributed by atoms with E-state index in [-0.39, 0.29) is 1.43 Å². The fourth-order valence-corrected chi connectivity index (χ4v) is 3.46. The topological polar surface area (TPSA) is 12.0 Å². The van der Waals surface area contributed by atoms with E-state index in [1.54, 1.807) is 0 Å². The van der Waals surface area contributed by atoms with Crippen molar-refractivity contribution in [3.8, 4) is 0 Å². The van der Waals surface area contributed by atoms with Gasteiger partial charge in [0.15, 0.2) is 0 Å². The maximum atomic E-state index is 3.65. The lowest BCUT2D eigenvalue weighted by atomic mass is 9.81. The molecule has 4 rings (SSSR count). The lowest BCUT2D eigenvalue weighted by Gasteiger charge is -2.21. The SMILES string of the molecule is C1=CC2NC3=CC=CC4CC34C2C=C1.[HH]. The van der Waals surface area contributed by atoms with Crippen LogP contribution in [0.4, 0.5) is 0 Å². The molecule has 1 heteroatoms. The number of hydrogen-bond donors (Lipinski definition) is 1. The Kier molecular flexibility index (Phi) is 1.04. The highest BCUT2D eigenvalue weighted by Crippen LogP contribution is 2.68. The van der Waals surface area contributed by atoms with E-state index in [2.05, 4.69) is 47.8 Å². The second-order valence-corrected chi connectivity index (χ2v) is 4.78. The molecular formula is C13H15N. The van der Waals surface area contributed by atoms with Crippen molar-refractivity contribution in [2.75, 3.05) is 0 Å². The monoisotopic (exact) mass is 185 g/mol. The maximum Gasteiger partial charge on any atom is 0.0516 e. The van der Waals surface area contributed by atoms with E-state index in [0.717, 1.165) is 5.92 Å². The van der Waals surface area contributed by atoms with Crippen LogP contribution in [0, 0.1) is 17.3 Å². The molecule has 14 heavy (non-hydrogen) atoms. The molecule has 0 bridgehead atoms. The van der Waals surface area contributed by atoms with Crippen molar-refractivity contribution in [2.24, 2.45) is 17.3 Å². The zero-order chi connectivity index (χ0) is 9.17. The molecule has 1 nitrogen and oxygen atoms in total. The van der Waals surface area contributed by atoms with Gasteiger partial charge in [0.25, 0.3) is 0 Å². The van der Waals surface area contributed by atoms with Crippen LogP contribution in [-0.2, 0) is 0 Å². The molecule has 1 N–H and O–H groups in total. The second-order valence-electron chi connectivity index (χ2n) is 4.78.